The number of hydrogen-bond donors (Lipinski definition) is 1. The number of nitrogens with one attached hydrogen (secondary N) is 1. The molecule has 0 atom stereocenters. The lowest BCUT2D eigenvalue weighted by atomic mass is 10.2. The Kier molecular flexibility index (Phi) is 14.9. The van der Waals surface area contributed by atoms with Crippen molar-refractivity contribution in [2.75, 3.05) is 53.4 Å². The predicted molar refractivity (Wildman–Crippen MR) is 178 cm³/mol. The summed E-state index contributed by atoms with van der Waals surface area (Å²) in [5.41, 5.74) is -0.449. The Morgan fingerprint density at radius 2 is 1.83 bits per heavy atom. The van der Waals surface area contributed by atoms with Gasteiger partial charge in [0.25, 0.3) is 25.8 Å². The van der Waals surface area contributed by atoms with E-state index >= 15 is 0 Å². The molecular formula is C27H35Cl2N9O6S2. The van der Waals surface area contributed by atoms with Gasteiger partial charge in [0.2, 0.25) is 5.91 Å². The number of carbonyl (C=O) groups excluding carboxylic acids is 2. The van der Waals surface area contributed by atoms with Crippen LogP contribution in [0.4, 0.5) is 0 Å². The number of aliphatic imine (C=N–C) groups is 2. The first-order valence-corrected chi connectivity index (χ1v) is 16.4. The lowest BCUT2D eigenvalue weighted by Gasteiger charge is -2.33. The summed E-state index contributed by atoms with van der Waals surface area (Å²) in [6.07, 6.45) is 2.33. The lowest BCUT2D eigenvalue weighted by Crippen LogP contribution is -2.54. The Morgan fingerprint density at radius 3 is 2.46 bits per heavy atom. The molecule has 0 radical (unpaired) electrons. The number of carbonyl (C=O) groups is 2. The summed E-state index contributed by atoms with van der Waals surface area (Å²) in [5, 5.41) is 8.50. The molecule has 0 unspecified atom stereocenters. The molecule has 1 N–H and O–H groups in total. The number of H-pyrrole nitrogens is 1. The highest BCUT2D eigenvalue weighted by molar-refractivity contribution is 7.91. The number of amides is 2. The van der Waals surface area contributed by atoms with Crippen molar-refractivity contribution in [3.8, 4) is 10.6 Å². The zero-order valence-electron chi connectivity index (χ0n) is 25.7. The molecule has 46 heavy (non-hydrogen) atoms. The molecule has 1 aliphatic rings. The molecular weight excluding hydrogens is 681 g/mol. The largest absolute Gasteiger partial charge is 0.330 e. The van der Waals surface area contributed by atoms with E-state index in [1.807, 2.05) is 6.92 Å². The number of aromatic nitrogens is 4. The fourth-order valence-corrected chi connectivity index (χ4v) is 6.48. The van der Waals surface area contributed by atoms with Gasteiger partial charge in [-0.25, -0.2) is 19.1 Å². The van der Waals surface area contributed by atoms with Gasteiger partial charge in [-0.15, -0.1) is 22.6 Å². The highest BCUT2D eigenvalue weighted by atomic mass is 35.5. The maximum absolute atomic E-state index is 13.0. The van der Waals surface area contributed by atoms with Gasteiger partial charge in [-0.05, 0) is 53.0 Å². The van der Waals surface area contributed by atoms with Crippen LogP contribution in [0.3, 0.4) is 0 Å². The van der Waals surface area contributed by atoms with Gasteiger partial charge >= 0.3 is 5.69 Å². The molecule has 19 heteroatoms. The monoisotopic (exact) mass is 715 g/mol. The fraction of sp³-hybridized carbons (Fsp3) is 0.444. The number of aryl methyl sites for hydroxylation is 1. The average Bonchev–Trinajstić information content (AvgIpc) is 3.49. The van der Waals surface area contributed by atoms with E-state index in [0.717, 1.165) is 46.9 Å². The van der Waals surface area contributed by atoms with Gasteiger partial charge in [-0.2, -0.15) is 8.42 Å². The maximum Gasteiger partial charge on any atom is 0.328 e. The van der Waals surface area contributed by atoms with Crippen LogP contribution in [0.25, 0.3) is 10.6 Å². The Hall–Kier alpha value is -3.73. The summed E-state index contributed by atoms with van der Waals surface area (Å²) in [7, 11) is -0.143. The Morgan fingerprint density at radius 1 is 1.13 bits per heavy atom. The SMILES string of the molecule is CCN=C=NCCCN(C)C.Cc1cn(CC(=O)N2CCN(S(=O)(=O)c3nnc(-c4ccc(Cl)cc4)s3)C(=O)C2)c(=O)[nH]c1=O.Cl. The zero-order valence-corrected chi connectivity index (χ0v) is 28.9. The summed E-state index contributed by atoms with van der Waals surface area (Å²) < 4.78 is 27.3. The van der Waals surface area contributed by atoms with Crippen LogP contribution in [-0.4, -0.2) is 113 Å². The van der Waals surface area contributed by atoms with Crippen LogP contribution in [0.5, 0.6) is 0 Å². The summed E-state index contributed by atoms with van der Waals surface area (Å²) in [6.45, 7) is 4.91. The van der Waals surface area contributed by atoms with Crippen molar-refractivity contribution in [2.24, 2.45) is 9.98 Å². The first kappa shape index (κ1) is 38.5. The van der Waals surface area contributed by atoms with Crippen LogP contribution in [0.15, 0.2) is 54.4 Å². The molecule has 15 nitrogen and oxygen atoms in total. The first-order valence-electron chi connectivity index (χ1n) is 13.8. The third-order valence-corrected chi connectivity index (χ3v) is 9.60. The normalized spacial score (nSPS) is 13.0. The van der Waals surface area contributed by atoms with E-state index < -0.39 is 46.2 Å². The van der Waals surface area contributed by atoms with Gasteiger partial charge in [0.1, 0.15) is 18.1 Å². The highest BCUT2D eigenvalue weighted by Gasteiger charge is 2.37. The van der Waals surface area contributed by atoms with E-state index in [-0.39, 0.29) is 35.4 Å². The van der Waals surface area contributed by atoms with Crippen LogP contribution in [0.1, 0.15) is 18.9 Å². The van der Waals surface area contributed by atoms with Gasteiger partial charge in [0.15, 0.2) is 0 Å². The van der Waals surface area contributed by atoms with Crippen LogP contribution in [-0.2, 0) is 26.2 Å². The number of aromatic amines is 1. The summed E-state index contributed by atoms with van der Waals surface area (Å²) in [6, 6.07) is 9.25. The molecule has 3 aromatic rings. The van der Waals surface area contributed by atoms with Gasteiger partial charge in [-0.3, -0.25) is 23.9 Å². The number of halogens is 2. The molecule has 0 saturated carbocycles. The number of hydrogen-bond acceptors (Lipinski definition) is 12. The van der Waals surface area contributed by atoms with Gasteiger partial charge in [-0.1, -0.05) is 35.1 Å². The number of sulfonamides is 1. The molecule has 0 spiro atoms. The van der Waals surface area contributed by atoms with E-state index in [0.29, 0.717) is 19.9 Å². The Bertz CT molecular complexity index is 1780. The quantitative estimate of drug-likeness (QED) is 0.241. The molecule has 1 fully saturated rings. The summed E-state index contributed by atoms with van der Waals surface area (Å²) >= 11 is 6.68. The molecule has 2 amide bonds. The third-order valence-electron chi connectivity index (χ3n) is 6.21. The summed E-state index contributed by atoms with van der Waals surface area (Å²) in [5.74, 6) is -1.38. The van der Waals surface area contributed by atoms with Crippen molar-refractivity contribution >= 4 is 63.2 Å². The maximum atomic E-state index is 13.0. The van der Waals surface area contributed by atoms with Crippen molar-refractivity contribution in [3.63, 3.8) is 0 Å². The second kappa shape index (κ2) is 17.8. The molecule has 3 heterocycles. The van der Waals surface area contributed by atoms with Crippen molar-refractivity contribution in [1.82, 2.24) is 33.9 Å². The summed E-state index contributed by atoms with van der Waals surface area (Å²) in [4.78, 5) is 61.9. The van der Waals surface area contributed by atoms with Crippen LogP contribution < -0.4 is 11.2 Å². The van der Waals surface area contributed by atoms with E-state index in [1.54, 1.807) is 24.3 Å². The minimum absolute atomic E-state index is 0. The smallest absolute Gasteiger partial charge is 0.328 e. The molecule has 0 bridgehead atoms. The van der Waals surface area contributed by atoms with Crippen molar-refractivity contribution in [3.05, 3.63) is 61.9 Å². The topological polar surface area (TPSA) is 183 Å². The van der Waals surface area contributed by atoms with Crippen molar-refractivity contribution in [2.45, 2.75) is 31.2 Å². The minimum atomic E-state index is -4.26. The van der Waals surface area contributed by atoms with Crippen molar-refractivity contribution < 1.29 is 18.0 Å². The Balaban J connectivity index is 0.000000528. The van der Waals surface area contributed by atoms with E-state index in [4.69, 9.17) is 11.6 Å². The minimum Gasteiger partial charge on any atom is -0.330 e. The lowest BCUT2D eigenvalue weighted by molar-refractivity contribution is -0.142. The molecule has 4 rings (SSSR count). The van der Waals surface area contributed by atoms with E-state index in [1.165, 1.54) is 13.1 Å². The van der Waals surface area contributed by atoms with Gasteiger partial charge in [0.05, 0.1) is 19.1 Å². The van der Waals surface area contributed by atoms with Crippen LogP contribution >= 0.6 is 35.3 Å². The zero-order chi connectivity index (χ0) is 33.1. The van der Waals surface area contributed by atoms with E-state index in [9.17, 15) is 27.6 Å². The number of benzene rings is 1. The van der Waals surface area contributed by atoms with E-state index in [2.05, 4.69) is 50.2 Å². The van der Waals surface area contributed by atoms with Gasteiger partial charge < -0.3 is 9.80 Å². The molecule has 0 aliphatic carbocycles. The standard InChI is InChI=1S/C19H17ClN6O6S2.C8H17N3.ClH/c1-11-8-25(18(30)21-16(11)29)9-14(27)24-6-7-26(15(28)10-24)34(31,32)19-23-22-17(33-19)12-2-4-13(20)5-3-12;1-4-9-8-10-6-5-7-11(2)3;/h2-5,8H,6-7,9-10H2,1H3,(H,21,29,30);4-7H2,1-3H3;1H. The average molecular weight is 717 g/mol. The number of rotatable bonds is 10. The second-order valence-electron chi connectivity index (χ2n) is 9.98. The van der Waals surface area contributed by atoms with Crippen molar-refractivity contribution in [1.29, 1.82) is 0 Å². The molecule has 1 aromatic carbocycles. The Labute approximate surface area is 281 Å². The molecule has 250 valence electrons. The third kappa shape index (κ3) is 10.7. The van der Waals surface area contributed by atoms with Gasteiger partial charge in [0, 0.05) is 35.4 Å². The fourth-order valence-electron chi connectivity index (χ4n) is 3.86. The predicted octanol–water partition coefficient (Wildman–Crippen LogP) is 1.63. The molecule has 2 aromatic heterocycles. The highest BCUT2D eigenvalue weighted by Crippen LogP contribution is 2.29. The number of nitrogens with zero attached hydrogens (tertiary/aromatic N) is 8. The second-order valence-corrected chi connectivity index (χ2v) is 13.4. The molecule has 1 saturated heterocycles. The molecule has 1 aliphatic heterocycles. The van der Waals surface area contributed by atoms with Crippen LogP contribution in [0, 0.1) is 6.92 Å². The van der Waals surface area contributed by atoms with Crippen LogP contribution in [0.2, 0.25) is 5.02 Å². The number of piperazine rings is 1. The first-order chi connectivity index (χ1) is 21.3.